The molecule has 1 nitrogen and oxygen atoms in total. The third-order valence-electron chi connectivity index (χ3n) is 12.5. The maximum Gasteiger partial charge on any atom is 0.0726 e. The monoisotopic (exact) mass is 727 g/mol. The van der Waals surface area contributed by atoms with Crippen molar-refractivity contribution >= 4 is 22.1 Å². The van der Waals surface area contributed by atoms with Crippen molar-refractivity contribution in [2.24, 2.45) is 0 Å². The van der Waals surface area contributed by atoms with Crippen molar-refractivity contribution in [1.29, 1.82) is 0 Å². The highest BCUT2D eigenvalue weighted by atomic mass is 14.9. The number of nitrogens with one attached hydrogen (secondary N) is 1. The molecule has 270 valence electrons. The number of benzene rings is 9. The first-order chi connectivity index (χ1) is 28.1. The fourth-order valence-electron chi connectivity index (χ4n) is 10.1. The maximum absolute atomic E-state index is 3.92. The summed E-state index contributed by atoms with van der Waals surface area (Å²) in [6, 6.07) is 74.1. The fourth-order valence-corrected chi connectivity index (χ4v) is 10.1. The van der Waals surface area contributed by atoms with Gasteiger partial charge in [0.15, 0.2) is 0 Å². The van der Waals surface area contributed by atoms with Crippen LogP contribution in [0.15, 0.2) is 200 Å². The van der Waals surface area contributed by atoms with Gasteiger partial charge in [-0.2, -0.15) is 0 Å². The molecule has 0 aromatic heterocycles. The Morgan fingerprint density at radius 3 is 1.58 bits per heavy atom. The highest BCUT2D eigenvalue weighted by Crippen LogP contribution is 2.63. The molecule has 0 amide bonds. The average molecular weight is 728 g/mol. The lowest BCUT2D eigenvalue weighted by Crippen LogP contribution is -2.25. The van der Waals surface area contributed by atoms with E-state index in [2.05, 4.69) is 219 Å². The lowest BCUT2D eigenvalue weighted by Gasteiger charge is -2.30. The van der Waals surface area contributed by atoms with E-state index in [4.69, 9.17) is 0 Å². The second-order valence-corrected chi connectivity index (χ2v) is 15.9. The zero-order valence-corrected chi connectivity index (χ0v) is 32.1. The molecular weight excluding hydrogens is 687 g/mol. The van der Waals surface area contributed by atoms with Gasteiger partial charge in [0.05, 0.1) is 5.41 Å². The molecule has 57 heavy (non-hydrogen) atoms. The van der Waals surface area contributed by atoms with E-state index in [1.54, 1.807) is 0 Å². The Morgan fingerprint density at radius 1 is 0.386 bits per heavy atom. The average Bonchev–Trinajstić information content (AvgIpc) is 3.73. The summed E-state index contributed by atoms with van der Waals surface area (Å²) in [5, 5.41) is 6.54. The van der Waals surface area contributed by atoms with E-state index in [0.717, 1.165) is 11.4 Å². The van der Waals surface area contributed by atoms with Crippen molar-refractivity contribution < 1.29 is 0 Å². The highest BCUT2D eigenvalue weighted by Gasteiger charge is 2.51. The van der Waals surface area contributed by atoms with Gasteiger partial charge in [0.2, 0.25) is 0 Å². The number of rotatable bonds is 6. The van der Waals surface area contributed by atoms with Crippen LogP contribution < -0.4 is 5.32 Å². The first-order valence-corrected chi connectivity index (χ1v) is 20.1. The third kappa shape index (κ3) is 5.02. The minimum atomic E-state index is -0.379. The van der Waals surface area contributed by atoms with Crippen molar-refractivity contribution in [1.82, 2.24) is 0 Å². The van der Waals surface area contributed by atoms with Gasteiger partial charge >= 0.3 is 0 Å². The van der Waals surface area contributed by atoms with Crippen LogP contribution in [-0.4, -0.2) is 0 Å². The lowest BCUT2D eigenvalue weighted by atomic mass is 9.70. The van der Waals surface area contributed by atoms with Gasteiger partial charge in [-0.3, -0.25) is 0 Å². The molecule has 1 N–H and O–H groups in total. The summed E-state index contributed by atoms with van der Waals surface area (Å²) in [5.41, 5.74) is 21.1. The summed E-state index contributed by atoms with van der Waals surface area (Å²) in [5.74, 6) is 0.400. The molecule has 0 bridgehead atoms. The van der Waals surface area contributed by atoms with E-state index >= 15 is 0 Å². The second kappa shape index (κ2) is 13.1. The first kappa shape index (κ1) is 33.4. The van der Waals surface area contributed by atoms with Gasteiger partial charge in [-0.15, -0.1) is 0 Å². The molecule has 11 rings (SSSR count). The molecular formula is C56H41N. The molecule has 0 radical (unpaired) electrons. The summed E-state index contributed by atoms with van der Waals surface area (Å²) in [6.07, 6.45) is 0. The molecule has 9 aromatic carbocycles. The highest BCUT2D eigenvalue weighted by molar-refractivity contribution is 6.06. The van der Waals surface area contributed by atoms with Gasteiger partial charge in [-0.1, -0.05) is 190 Å². The summed E-state index contributed by atoms with van der Waals surface area (Å²) in [4.78, 5) is 0. The van der Waals surface area contributed by atoms with Crippen molar-refractivity contribution in [2.45, 2.75) is 25.2 Å². The van der Waals surface area contributed by atoms with Gasteiger partial charge in [0, 0.05) is 16.9 Å². The van der Waals surface area contributed by atoms with Gasteiger partial charge in [-0.25, -0.2) is 0 Å². The van der Waals surface area contributed by atoms with Gasteiger partial charge < -0.3 is 5.32 Å². The Balaban J connectivity index is 1.04. The minimum absolute atomic E-state index is 0.379. The molecule has 9 aromatic rings. The van der Waals surface area contributed by atoms with Gasteiger partial charge in [0.1, 0.15) is 0 Å². The van der Waals surface area contributed by atoms with E-state index in [0.29, 0.717) is 5.92 Å². The van der Waals surface area contributed by atoms with E-state index in [-0.39, 0.29) is 5.41 Å². The molecule has 1 spiro atoms. The topological polar surface area (TPSA) is 12.0 Å². The Labute approximate surface area is 335 Å². The standard InChI is InChI=1S/C56H41N/c1-36(2)42-25-15-18-38-30-32-44(55(54(38)42)37-16-4-3-5-17-37)40-20-14-19-39(34-40)43-21-9-13-29-53(43)57-41-31-33-48-47-24-8-12-28-51(47)56(52(48)35-41)49-26-10-6-22-45(49)46-23-7-11-27-50(46)56/h3-36,57H,1-2H3. The van der Waals surface area contributed by atoms with Crippen LogP contribution in [0.25, 0.3) is 66.4 Å². The van der Waals surface area contributed by atoms with E-state index in [1.807, 2.05) is 0 Å². The van der Waals surface area contributed by atoms with Crippen LogP contribution in [0.4, 0.5) is 11.4 Å². The van der Waals surface area contributed by atoms with Crippen LogP contribution in [0.2, 0.25) is 0 Å². The van der Waals surface area contributed by atoms with E-state index in [1.165, 1.54) is 94.2 Å². The molecule has 0 aliphatic heterocycles. The predicted octanol–water partition coefficient (Wildman–Crippen LogP) is 15.1. The summed E-state index contributed by atoms with van der Waals surface area (Å²) in [6.45, 7) is 4.60. The van der Waals surface area contributed by atoms with Crippen LogP contribution in [0.1, 0.15) is 47.6 Å². The zero-order chi connectivity index (χ0) is 38.1. The lowest BCUT2D eigenvalue weighted by molar-refractivity contribution is 0.794. The molecule has 0 saturated carbocycles. The van der Waals surface area contributed by atoms with E-state index in [9.17, 15) is 0 Å². The number of hydrogen-bond acceptors (Lipinski definition) is 1. The summed E-state index contributed by atoms with van der Waals surface area (Å²) >= 11 is 0. The number of hydrogen-bond donors (Lipinski definition) is 1. The quantitative estimate of drug-likeness (QED) is 0.180. The summed E-state index contributed by atoms with van der Waals surface area (Å²) < 4.78 is 0. The second-order valence-electron chi connectivity index (χ2n) is 15.9. The van der Waals surface area contributed by atoms with Crippen molar-refractivity contribution in [3.05, 3.63) is 228 Å². The Morgan fingerprint density at radius 2 is 0.912 bits per heavy atom. The van der Waals surface area contributed by atoms with Crippen LogP contribution in [-0.2, 0) is 5.41 Å². The number of fused-ring (bicyclic) bond motifs is 11. The van der Waals surface area contributed by atoms with Crippen LogP contribution in [0.5, 0.6) is 0 Å². The Bertz CT molecular complexity index is 2960. The van der Waals surface area contributed by atoms with Crippen molar-refractivity contribution in [3.8, 4) is 55.6 Å². The minimum Gasteiger partial charge on any atom is -0.355 e. The van der Waals surface area contributed by atoms with Crippen molar-refractivity contribution in [2.75, 3.05) is 5.32 Å². The number of anilines is 2. The summed E-state index contributed by atoms with van der Waals surface area (Å²) in [7, 11) is 0. The van der Waals surface area contributed by atoms with Crippen LogP contribution >= 0.6 is 0 Å². The predicted molar refractivity (Wildman–Crippen MR) is 240 cm³/mol. The molecule has 2 aliphatic carbocycles. The normalized spacial score (nSPS) is 13.0. The number of para-hydroxylation sites is 1. The molecule has 0 unspecified atom stereocenters. The zero-order valence-electron chi connectivity index (χ0n) is 32.1. The Hall–Kier alpha value is -6.96. The molecule has 0 fully saturated rings. The molecule has 0 atom stereocenters. The SMILES string of the molecule is CC(C)c1cccc2ccc(-c3cccc(-c4ccccc4Nc4ccc5c(c4)C4(c6ccccc6-c6ccccc64)c4ccccc4-5)c3)c(-c3ccccc3)c12. The smallest absolute Gasteiger partial charge is 0.0726 e. The van der Waals surface area contributed by atoms with E-state index < -0.39 is 0 Å². The maximum atomic E-state index is 3.92. The molecule has 1 heteroatoms. The van der Waals surface area contributed by atoms with Crippen molar-refractivity contribution in [3.63, 3.8) is 0 Å². The first-order valence-electron chi connectivity index (χ1n) is 20.1. The van der Waals surface area contributed by atoms with Crippen LogP contribution in [0.3, 0.4) is 0 Å². The Kier molecular flexibility index (Phi) is 7.66. The van der Waals surface area contributed by atoms with Crippen LogP contribution in [0, 0.1) is 0 Å². The fraction of sp³-hybridized carbons (Fsp3) is 0.0714. The van der Waals surface area contributed by atoms with Gasteiger partial charge in [-0.05, 0) is 119 Å². The third-order valence-corrected chi connectivity index (χ3v) is 12.5. The largest absolute Gasteiger partial charge is 0.355 e. The molecule has 0 saturated heterocycles. The molecule has 2 aliphatic rings. The molecule has 0 heterocycles. The van der Waals surface area contributed by atoms with Gasteiger partial charge in [0.25, 0.3) is 0 Å².